The van der Waals surface area contributed by atoms with Gasteiger partial charge in [-0.2, -0.15) is 0 Å². The summed E-state index contributed by atoms with van der Waals surface area (Å²) < 4.78 is 0. The summed E-state index contributed by atoms with van der Waals surface area (Å²) in [4.78, 5) is 26.9. The van der Waals surface area contributed by atoms with Crippen molar-refractivity contribution >= 4 is 17.2 Å². The zero-order valence-corrected chi connectivity index (χ0v) is 14.3. The number of rotatable bonds is 5. The van der Waals surface area contributed by atoms with Gasteiger partial charge in [0.15, 0.2) is 5.78 Å². The first-order valence-corrected chi connectivity index (χ1v) is 8.07. The van der Waals surface area contributed by atoms with Gasteiger partial charge in [0.25, 0.3) is 5.69 Å². The van der Waals surface area contributed by atoms with Gasteiger partial charge in [-0.3, -0.25) is 14.9 Å². The third-order valence-corrected chi connectivity index (χ3v) is 4.74. The fourth-order valence-corrected chi connectivity index (χ4v) is 3.17. The van der Waals surface area contributed by atoms with Gasteiger partial charge in [-0.1, -0.05) is 0 Å². The second kappa shape index (κ2) is 7.08. The third kappa shape index (κ3) is 3.88. The molecule has 1 aliphatic heterocycles. The summed E-state index contributed by atoms with van der Waals surface area (Å²) in [6.07, 6.45) is 1.97. The fourth-order valence-electron chi connectivity index (χ4n) is 3.17. The standard InChI is InChI=1S/C17H25N3O3/c1-12(2)19-9-7-15(8-10-19)18(4)16-6-5-14(13(3)21)11-17(16)20(22)23/h5-6,11-12,15H,7-10H2,1-4H3. The monoisotopic (exact) mass is 319 g/mol. The van der Waals surface area contributed by atoms with Crippen molar-refractivity contribution in [2.75, 3.05) is 25.0 Å². The first-order chi connectivity index (χ1) is 10.8. The van der Waals surface area contributed by atoms with Crippen LogP contribution in [0.1, 0.15) is 44.0 Å². The predicted molar refractivity (Wildman–Crippen MR) is 91.2 cm³/mol. The van der Waals surface area contributed by atoms with Crippen LogP contribution in [-0.4, -0.2) is 47.8 Å². The van der Waals surface area contributed by atoms with Crippen LogP contribution in [0.25, 0.3) is 0 Å². The van der Waals surface area contributed by atoms with Crippen molar-refractivity contribution in [2.45, 2.75) is 45.7 Å². The number of carbonyl (C=O) groups is 1. The topological polar surface area (TPSA) is 66.7 Å². The molecule has 0 atom stereocenters. The minimum atomic E-state index is -0.401. The minimum absolute atomic E-state index is 0.00601. The van der Waals surface area contributed by atoms with E-state index in [1.165, 1.54) is 13.0 Å². The van der Waals surface area contributed by atoms with E-state index in [2.05, 4.69) is 18.7 Å². The molecule has 1 saturated heterocycles. The van der Waals surface area contributed by atoms with Gasteiger partial charge in [-0.05, 0) is 45.7 Å². The van der Waals surface area contributed by atoms with E-state index in [-0.39, 0.29) is 17.5 Å². The van der Waals surface area contributed by atoms with E-state index in [1.807, 2.05) is 11.9 Å². The van der Waals surface area contributed by atoms with Crippen LogP contribution < -0.4 is 4.90 Å². The lowest BCUT2D eigenvalue weighted by Gasteiger charge is -2.39. The maximum Gasteiger partial charge on any atom is 0.293 e. The van der Waals surface area contributed by atoms with Crippen LogP contribution in [0.15, 0.2) is 18.2 Å². The number of carbonyl (C=O) groups excluding carboxylic acids is 1. The molecular weight excluding hydrogens is 294 g/mol. The molecule has 0 radical (unpaired) electrons. The first kappa shape index (κ1) is 17.4. The van der Waals surface area contributed by atoms with Gasteiger partial charge in [-0.15, -0.1) is 0 Å². The lowest BCUT2D eigenvalue weighted by molar-refractivity contribution is -0.384. The summed E-state index contributed by atoms with van der Waals surface area (Å²) in [7, 11) is 1.91. The molecule has 23 heavy (non-hydrogen) atoms. The van der Waals surface area contributed by atoms with Crippen LogP contribution in [0.5, 0.6) is 0 Å². The molecule has 126 valence electrons. The number of nitro groups is 1. The van der Waals surface area contributed by atoms with E-state index < -0.39 is 4.92 Å². The van der Waals surface area contributed by atoms with E-state index in [4.69, 9.17) is 0 Å². The van der Waals surface area contributed by atoms with Crippen molar-refractivity contribution in [1.29, 1.82) is 0 Å². The molecule has 0 amide bonds. The van der Waals surface area contributed by atoms with Crippen LogP contribution in [0.2, 0.25) is 0 Å². The van der Waals surface area contributed by atoms with Crippen molar-refractivity contribution in [3.8, 4) is 0 Å². The lowest BCUT2D eigenvalue weighted by atomic mass is 10.0. The lowest BCUT2D eigenvalue weighted by Crippen LogP contribution is -2.45. The summed E-state index contributed by atoms with van der Waals surface area (Å²) in [6.45, 7) is 7.81. The first-order valence-electron chi connectivity index (χ1n) is 8.07. The summed E-state index contributed by atoms with van der Waals surface area (Å²) in [5.74, 6) is -0.160. The Balaban J connectivity index is 2.21. The number of hydrogen-bond acceptors (Lipinski definition) is 5. The highest BCUT2D eigenvalue weighted by atomic mass is 16.6. The Hall–Kier alpha value is -1.95. The van der Waals surface area contributed by atoms with Crippen molar-refractivity contribution < 1.29 is 9.72 Å². The zero-order chi connectivity index (χ0) is 17.1. The van der Waals surface area contributed by atoms with E-state index >= 15 is 0 Å². The summed E-state index contributed by atoms with van der Waals surface area (Å²) >= 11 is 0. The Bertz CT molecular complexity index is 593. The quantitative estimate of drug-likeness (QED) is 0.474. The second-order valence-electron chi connectivity index (χ2n) is 6.49. The number of Topliss-reactive ketones (excluding diaryl/α,β-unsaturated/α-hetero) is 1. The molecule has 0 bridgehead atoms. The van der Waals surface area contributed by atoms with Crippen LogP contribution in [0.4, 0.5) is 11.4 Å². The minimum Gasteiger partial charge on any atom is -0.366 e. The van der Waals surface area contributed by atoms with Crippen molar-refractivity contribution in [3.63, 3.8) is 0 Å². The number of hydrogen-bond donors (Lipinski definition) is 0. The normalized spacial score (nSPS) is 16.6. The van der Waals surface area contributed by atoms with E-state index in [0.29, 0.717) is 17.3 Å². The second-order valence-corrected chi connectivity index (χ2v) is 6.49. The molecule has 1 heterocycles. The van der Waals surface area contributed by atoms with Gasteiger partial charge in [0.1, 0.15) is 5.69 Å². The van der Waals surface area contributed by atoms with Crippen molar-refractivity contribution in [2.24, 2.45) is 0 Å². The number of anilines is 1. The van der Waals surface area contributed by atoms with Crippen LogP contribution >= 0.6 is 0 Å². The summed E-state index contributed by atoms with van der Waals surface area (Å²) in [5.41, 5.74) is 0.970. The molecule has 1 aliphatic rings. The molecular formula is C17H25N3O3. The SMILES string of the molecule is CC(=O)c1ccc(N(C)C2CCN(C(C)C)CC2)c([N+](=O)[O-])c1. The van der Waals surface area contributed by atoms with Gasteiger partial charge in [-0.25, -0.2) is 0 Å². The molecule has 0 N–H and O–H groups in total. The van der Waals surface area contributed by atoms with Gasteiger partial charge < -0.3 is 9.80 Å². The predicted octanol–water partition coefficient (Wildman–Crippen LogP) is 3.11. The molecule has 0 aliphatic carbocycles. The summed E-state index contributed by atoms with van der Waals surface area (Å²) in [5, 5.41) is 11.4. The molecule has 1 aromatic rings. The van der Waals surface area contributed by atoms with Gasteiger partial charge in [0.2, 0.25) is 0 Å². The maximum atomic E-state index is 11.5. The Morgan fingerprint density at radius 3 is 2.43 bits per heavy atom. The third-order valence-electron chi connectivity index (χ3n) is 4.74. The largest absolute Gasteiger partial charge is 0.366 e. The number of likely N-dealkylation sites (tertiary alicyclic amines) is 1. The Kier molecular flexibility index (Phi) is 5.36. The Morgan fingerprint density at radius 1 is 1.35 bits per heavy atom. The van der Waals surface area contributed by atoms with E-state index in [9.17, 15) is 14.9 Å². The van der Waals surface area contributed by atoms with Crippen LogP contribution in [0.3, 0.4) is 0 Å². The molecule has 1 fully saturated rings. The average Bonchev–Trinajstić information content (AvgIpc) is 2.53. The zero-order valence-electron chi connectivity index (χ0n) is 14.3. The maximum absolute atomic E-state index is 11.5. The molecule has 6 heteroatoms. The fraction of sp³-hybridized carbons (Fsp3) is 0.588. The van der Waals surface area contributed by atoms with Crippen LogP contribution in [-0.2, 0) is 0 Å². The molecule has 0 saturated carbocycles. The highest BCUT2D eigenvalue weighted by molar-refractivity contribution is 5.95. The van der Waals surface area contributed by atoms with E-state index in [1.54, 1.807) is 12.1 Å². The van der Waals surface area contributed by atoms with Gasteiger partial charge in [0.05, 0.1) is 4.92 Å². The van der Waals surface area contributed by atoms with Crippen molar-refractivity contribution in [1.82, 2.24) is 4.90 Å². The molecule has 1 aromatic carbocycles. The molecule has 0 unspecified atom stereocenters. The number of benzene rings is 1. The highest BCUT2D eigenvalue weighted by Crippen LogP contribution is 2.32. The Morgan fingerprint density at radius 2 is 1.96 bits per heavy atom. The number of ketones is 1. The van der Waals surface area contributed by atoms with Gasteiger partial charge in [0, 0.05) is 43.9 Å². The van der Waals surface area contributed by atoms with E-state index in [0.717, 1.165) is 25.9 Å². The molecule has 0 spiro atoms. The highest BCUT2D eigenvalue weighted by Gasteiger charge is 2.27. The molecule has 6 nitrogen and oxygen atoms in total. The summed E-state index contributed by atoms with van der Waals surface area (Å²) in [6, 6.07) is 5.57. The van der Waals surface area contributed by atoms with Crippen molar-refractivity contribution in [3.05, 3.63) is 33.9 Å². The van der Waals surface area contributed by atoms with Crippen LogP contribution in [0, 0.1) is 10.1 Å². The average molecular weight is 319 g/mol. The smallest absolute Gasteiger partial charge is 0.293 e. The number of nitro benzene ring substituents is 1. The molecule has 0 aromatic heterocycles. The molecule has 2 rings (SSSR count). The number of nitrogens with zero attached hydrogens (tertiary/aromatic N) is 3. The van der Waals surface area contributed by atoms with Gasteiger partial charge >= 0.3 is 0 Å². The Labute approximate surface area is 137 Å². The number of piperidine rings is 1.